The van der Waals surface area contributed by atoms with Gasteiger partial charge in [0.25, 0.3) is 0 Å². The lowest BCUT2D eigenvalue weighted by Crippen LogP contribution is -2.42. The molecule has 0 spiro atoms. The Hall–Kier alpha value is -0.160. The van der Waals surface area contributed by atoms with E-state index < -0.39 is 0 Å². The lowest BCUT2D eigenvalue weighted by molar-refractivity contribution is -0.125. The molecule has 0 bridgehead atoms. The minimum absolute atomic E-state index is 0.0720. The highest BCUT2D eigenvalue weighted by Crippen LogP contribution is 2.04. The van der Waals surface area contributed by atoms with Gasteiger partial charge >= 0.3 is 0 Å². The summed E-state index contributed by atoms with van der Waals surface area (Å²) in [6.45, 7) is 2.21. The smallest absolute Gasteiger partial charge is 0.0931 e. The van der Waals surface area contributed by atoms with Crippen LogP contribution < -0.4 is 11.5 Å². The molecule has 4 N–H and O–H groups in total. The second-order valence-corrected chi connectivity index (χ2v) is 2.38. The Bertz CT molecular complexity index is 79.7. The van der Waals surface area contributed by atoms with Crippen molar-refractivity contribution in [2.24, 2.45) is 11.5 Å². The van der Waals surface area contributed by atoms with Crippen LogP contribution in [0.2, 0.25) is 0 Å². The van der Waals surface area contributed by atoms with Gasteiger partial charge in [-0.05, 0) is 0 Å². The number of hydrogen-bond donors (Lipinski definition) is 2. The second kappa shape index (κ2) is 3.88. The average molecular weight is 146 g/mol. The minimum atomic E-state index is 0.0720. The maximum Gasteiger partial charge on any atom is 0.0931 e. The van der Waals surface area contributed by atoms with Gasteiger partial charge in [-0.3, -0.25) is 0 Å². The molecule has 60 valence electrons. The summed E-state index contributed by atoms with van der Waals surface area (Å²) < 4.78 is 10.6. The molecule has 0 radical (unpaired) electrons. The Morgan fingerprint density at radius 1 is 1.00 bits per heavy atom. The van der Waals surface area contributed by atoms with Crippen LogP contribution in [0.5, 0.6) is 0 Å². The van der Waals surface area contributed by atoms with Crippen LogP contribution in [0, 0.1) is 0 Å². The second-order valence-electron chi connectivity index (χ2n) is 2.38. The lowest BCUT2D eigenvalue weighted by atomic mass is 10.3. The van der Waals surface area contributed by atoms with Gasteiger partial charge in [0.1, 0.15) is 0 Å². The van der Waals surface area contributed by atoms with Crippen LogP contribution in [0.25, 0.3) is 0 Å². The summed E-state index contributed by atoms with van der Waals surface area (Å²) in [6, 6.07) is 0. The molecule has 1 rings (SSSR count). The number of ether oxygens (including phenoxy) is 2. The number of rotatable bonds is 2. The van der Waals surface area contributed by atoms with E-state index in [1.54, 1.807) is 0 Å². The molecule has 4 heteroatoms. The van der Waals surface area contributed by atoms with Crippen molar-refractivity contribution in [3.05, 3.63) is 0 Å². The molecule has 10 heavy (non-hydrogen) atoms. The van der Waals surface area contributed by atoms with Crippen molar-refractivity contribution in [3.63, 3.8) is 0 Å². The minimum Gasteiger partial charge on any atom is -0.372 e. The first-order chi connectivity index (χ1) is 4.86. The Labute approximate surface area is 60.5 Å². The summed E-state index contributed by atoms with van der Waals surface area (Å²) in [5.74, 6) is 0. The first kappa shape index (κ1) is 7.94. The monoisotopic (exact) mass is 146 g/mol. The predicted molar refractivity (Wildman–Crippen MR) is 37.6 cm³/mol. The Morgan fingerprint density at radius 3 is 1.60 bits per heavy atom. The average Bonchev–Trinajstić information content (AvgIpc) is 2.05. The van der Waals surface area contributed by atoms with E-state index in [2.05, 4.69) is 0 Å². The lowest BCUT2D eigenvalue weighted by Gasteiger charge is -2.27. The van der Waals surface area contributed by atoms with Gasteiger partial charge in [-0.15, -0.1) is 0 Å². The Morgan fingerprint density at radius 2 is 1.40 bits per heavy atom. The number of hydrogen-bond acceptors (Lipinski definition) is 4. The van der Waals surface area contributed by atoms with Crippen molar-refractivity contribution < 1.29 is 9.47 Å². The molecule has 0 amide bonds. The molecule has 2 unspecified atom stereocenters. The molecule has 1 heterocycles. The van der Waals surface area contributed by atoms with E-state index in [0.717, 1.165) is 0 Å². The van der Waals surface area contributed by atoms with E-state index in [0.29, 0.717) is 26.3 Å². The van der Waals surface area contributed by atoms with Gasteiger partial charge in [0.15, 0.2) is 0 Å². The van der Waals surface area contributed by atoms with Gasteiger partial charge in [-0.25, -0.2) is 0 Å². The highest BCUT2D eigenvalue weighted by molar-refractivity contribution is 4.68. The van der Waals surface area contributed by atoms with Crippen molar-refractivity contribution in [1.29, 1.82) is 0 Å². The van der Waals surface area contributed by atoms with Crippen LogP contribution in [0.4, 0.5) is 0 Å². The molecule has 2 atom stereocenters. The molecule has 0 aromatic heterocycles. The Kier molecular flexibility index (Phi) is 3.08. The van der Waals surface area contributed by atoms with Crippen LogP contribution in [0.3, 0.4) is 0 Å². The third-order valence-corrected chi connectivity index (χ3v) is 1.56. The Balaban J connectivity index is 2.17. The quantitative estimate of drug-likeness (QED) is 0.507. The van der Waals surface area contributed by atoms with Gasteiger partial charge < -0.3 is 20.9 Å². The maximum absolute atomic E-state index is 5.35. The van der Waals surface area contributed by atoms with Gasteiger partial charge in [0, 0.05) is 13.1 Å². The van der Waals surface area contributed by atoms with Crippen LogP contribution in [-0.4, -0.2) is 38.5 Å². The van der Waals surface area contributed by atoms with Crippen LogP contribution in [0.15, 0.2) is 0 Å². The van der Waals surface area contributed by atoms with Crippen molar-refractivity contribution in [1.82, 2.24) is 0 Å². The standard InChI is InChI=1S/C6H14N2O2/c7-1-5-3-10-6(2-8)4-9-5/h5-6H,1-4,7-8H2. The number of nitrogens with two attached hydrogens (primary N) is 2. The van der Waals surface area contributed by atoms with Crippen LogP contribution in [0.1, 0.15) is 0 Å². The molecule has 1 aliphatic heterocycles. The summed E-state index contributed by atoms with van der Waals surface area (Å²) in [5, 5.41) is 0. The van der Waals surface area contributed by atoms with Crippen molar-refractivity contribution in [2.75, 3.05) is 26.3 Å². The summed E-state index contributed by atoms with van der Waals surface area (Å²) in [6.07, 6.45) is 0.144. The molecule has 1 fully saturated rings. The fourth-order valence-electron chi connectivity index (χ4n) is 0.855. The van der Waals surface area contributed by atoms with Gasteiger partial charge in [0.05, 0.1) is 25.4 Å². The zero-order chi connectivity index (χ0) is 7.40. The zero-order valence-corrected chi connectivity index (χ0v) is 5.95. The summed E-state index contributed by atoms with van der Waals surface area (Å²) in [5.41, 5.74) is 10.7. The molecule has 1 aliphatic rings. The van der Waals surface area contributed by atoms with Crippen molar-refractivity contribution in [3.8, 4) is 0 Å². The maximum atomic E-state index is 5.35. The van der Waals surface area contributed by atoms with Crippen molar-refractivity contribution in [2.45, 2.75) is 12.2 Å². The predicted octanol–water partition coefficient (Wildman–Crippen LogP) is -1.31. The first-order valence-corrected chi connectivity index (χ1v) is 3.50. The highest BCUT2D eigenvalue weighted by Gasteiger charge is 2.19. The molecule has 4 nitrogen and oxygen atoms in total. The molecular weight excluding hydrogens is 132 g/mol. The van der Waals surface area contributed by atoms with Crippen LogP contribution in [-0.2, 0) is 9.47 Å². The largest absolute Gasteiger partial charge is 0.372 e. The van der Waals surface area contributed by atoms with Gasteiger partial charge in [-0.1, -0.05) is 0 Å². The van der Waals surface area contributed by atoms with E-state index in [1.807, 2.05) is 0 Å². The van der Waals surface area contributed by atoms with E-state index >= 15 is 0 Å². The van der Waals surface area contributed by atoms with E-state index in [4.69, 9.17) is 20.9 Å². The third kappa shape index (κ3) is 1.91. The SMILES string of the molecule is NCC1COC(CN)CO1. The topological polar surface area (TPSA) is 70.5 Å². The van der Waals surface area contributed by atoms with Gasteiger partial charge in [-0.2, -0.15) is 0 Å². The van der Waals surface area contributed by atoms with E-state index in [-0.39, 0.29) is 12.2 Å². The van der Waals surface area contributed by atoms with Crippen molar-refractivity contribution >= 4 is 0 Å². The summed E-state index contributed by atoms with van der Waals surface area (Å²) in [7, 11) is 0. The fraction of sp³-hybridized carbons (Fsp3) is 1.00. The highest BCUT2D eigenvalue weighted by atomic mass is 16.6. The first-order valence-electron chi connectivity index (χ1n) is 3.50. The summed E-state index contributed by atoms with van der Waals surface area (Å²) >= 11 is 0. The zero-order valence-electron chi connectivity index (χ0n) is 5.95. The fourth-order valence-corrected chi connectivity index (χ4v) is 0.855. The van der Waals surface area contributed by atoms with Crippen LogP contribution >= 0.6 is 0 Å². The van der Waals surface area contributed by atoms with E-state index in [1.165, 1.54) is 0 Å². The molecule has 1 saturated heterocycles. The molecule has 0 saturated carbocycles. The van der Waals surface area contributed by atoms with Gasteiger partial charge in [0.2, 0.25) is 0 Å². The summed E-state index contributed by atoms with van der Waals surface area (Å²) in [4.78, 5) is 0. The molecule has 0 aromatic carbocycles. The molecular formula is C6H14N2O2. The van der Waals surface area contributed by atoms with E-state index in [9.17, 15) is 0 Å². The molecule has 0 aliphatic carbocycles. The third-order valence-electron chi connectivity index (χ3n) is 1.56. The molecule has 0 aromatic rings. The normalized spacial score (nSPS) is 34.2.